The molecule has 0 aliphatic carbocycles. The molecule has 3 rings (SSSR count). The molecule has 5 heteroatoms. The first-order chi connectivity index (χ1) is 9.40. The molecule has 0 amide bonds. The minimum Gasteiger partial charge on any atom is -0.467 e. The molecule has 0 radical (unpaired) electrons. The fraction of sp³-hybridized carbons (Fsp3) is 0.533. The van der Waals surface area contributed by atoms with E-state index < -0.39 is 0 Å². The Hall–Kier alpha value is -0.810. The maximum absolute atomic E-state index is 6.36. The van der Waals surface area contributed by atoms with Crippen LogP contribution in [0.5, 0.6) is 5.75 Å². The van der Waals surface area contributed by atoms with Gasteiger partial charge in [0.2, 0.25) is 0 Å². The van der Waals surface area contributed by atoms with Crippen LogP contribution in [0.15, 0.2) is 22.7 Å². The van der Waals surface area contributed by atoms with E-state index in [-0.39, 0.29) is 11.8 Å². The van der Waals surface area contributed by atoms with Crippen LogP contribution in [0.2, 0.25) is 0 Å². The van der Waals surface area contributed by atoms with Crippen LogP contribution in [0.1, 0.15) is 38.8 Å². The zero-order valence-corrected chi connectivity index (χ0v) is 14.3. The molecule has 0 saturated carbocycles. The Balaban J connectivity index is 2.03. The van der Waals surface area contributed by atoms with E-state index in [1.54, 1.807) is 0 Å². The Morgan fingerprint density at radius 3 is 3.00 bits per heavy atom. The number of rotatable bonds is 2. The molecule has 1 fully saturated rings. The van der Waals surface area contributed by atoms with Gasteiger partial charge in [0.15, 0.2) is 10.8 Å². The van der Waals surface area contributed by atoms with Gasteiger partial charge in [0.1, 0.15) is 5.75 Å². The smallest absolute Gasteiger partial charge is 0.184 e. The lowest BCUT2D eigenvalue weighted by molar-refractivity contribution is -0.0726. The minimum atomic E-state index is -0.367. The van der Waals surface area contributed by atoms with Crippen molar-refractivity contribution in [1.29, 1.82) is 0 Å². The molecule has 2 aliphatic heterocycles. The average Bonchev–Trinajstić information content (AvgIpc) is 2.36. The predicted octanol–water partition coefficient (Wildman–Crippen LogP) is 3.84. The molecule has 1 aromatic rings. The lowest BCUT2D eigenvalue weighted by atomic mass is 9.90. The van der Waals surface area contributed by atoms with Crippen molar-refractivity contribution in [3.63, 3.8) is 0 Å². The maximum atomic E-state index is 6.36. The summed E-state index contributed by atoms with van der Waals surface area (Å²) in [5, 5.41) is 4.26. The van der Waals surface area contributed by atoms with Gasteiger partial charge in [-0.05, 0) is 47.1 Å². The van der Waals surface area contributed by atoms with E-state index in [9.17, 15) is 0 Å². The Kier molecular flexibility index (Phi) is 3.45. The third kappa shape index (κ3) is 2.21. The number of nitrogens with zero attached hydrogens (tertiary/aromatic N) is 1. The van der Waals surface area contributed by atoms with Crippen LogP contribution < -0.4 is 10.1 Å². The summed E-state index contributed by atoms with van der Waals surface area (Å²) in [6.07, 6.45) is 0.906. The summed E-state index contributed by atoms with van der Waals surface area (Å²) >= 11 is 9.15. The van der Waals surface area contributed by atoms with Crippen molar-refractivity contribution >= 4 is 33.3 Å². The first kappa shape index (κ1) is 14.1. The monoisotopic (exact) mass is 354 g/mol. The number of nitrogens with one attached hydrogen (secondary N) is 1. The number of ether oxygens (including phenoxy) is 1. The van der Waals surface area contributed by atoms with E-state index in [1.165, 1.54) is 5.56 Å². The summed E-state index contributed by atoms with van der Waals surface area (Å²) in [6.45, 7) is 7.43. The van der Waals surface area contributed by atoms with E-state index in [0.29, 0.717) is 5.92 Å². The summed E-state index contributed by atoms with van der Waals surface area (Å²) in [5.74, 6) is 1.47. The van der Waals surface area contributed by atoms with Gasteiger partial charge in [0.05, 0.1) is 10.5 Å². The van der Waals surface area contributed by atoms with E-state index in [4.69, 9.17) is 17.0 Å². The van der Waals surface area contributed by atoms with Crippen molar-refractivity contribution in [2.24, 2.45) is 5.92 Å². The van der Waals surface area contributed by atoms with Gasteiger partial charge in [-0.1, -0.05) is 26.0 Å². The molecule has 108 valence electrons. The van der Waals surface area contributed by atoms with Crippen LogP contribution in [-0.4, -0.2) is 22.3 Å². The highest BCUT2D eigenvalue weighted by Crippen LogP contribution is 2.47. The molecule has 2 unspecified atom stereocenters. The van der Waals surface area contributed by atoms with Crippen LogP contribution in [0, 0.1) is 5.92 Å². The van der Waals surface area contributed by atoms with Crippen molar-refractivity contribution in [2.75, 3.05) is 6.54 Å². The molecule has 1 N–H and O–H groups in total. The van der Waals surface area contributed by atoms with Crippen molar-refractivity contribution in [2.45, 2.75) is 39.0 Å². The van der Waals surface area contributed by atoms with Gasteiger partial charge >= 0.3 is 0 Å². The largest absolute Gasteiger partial charge is 0.467 e. The Bertz CT molecular complexity index is 563. The fourth-order valence-electron chi connectivity index (χ4n) is 3.03. The molecule has 1 saturated heterocycles. The molecule has 20 heavy (non-hydrogen) atoms. The first-order valence-corrected chi connectivity index (χ1v) is 8.16. The lowest BCUT2D eigenvalue weighted by Crippen LogP contribution is -2.65. The standard InChI is InChI=1S/C15H19BrN2OS/c1-9(2)8-18-14(20)17-12-7-15(18,3)19-13-10(12)5-4-6-11(13)16/h4-6,9,12H,7-8H2,1-3H3,(H,17,20). The molecule has 2 heterocycles. The third-order valence-electron chi connectivity index (χ3n) is 3.94. The Morgan fingerprint density at radius 1 is 1.55 bits per heavy atom. The average molecular weight is 355 g/mol. The van der Waals surface area contributed by atoms with Gasteiger partial charge in [-0.25, -0.2) is 0 Å². The summed E-state index contributed by atoms with van der Waals surface area (Å²) in [4.78, 5) is 2.19. The molecule has 1 aromatic carbocycles. The Morgan fingerprint density at radius 2 is 2.30 bits per heavy atom. The quantitative estimate of drug-likeness (QED) is 0.815. The van der Waals surface area contributed by atoms with Crippen molar-refractivity contribution in [1.82, 2.24) is 10.2 Å². The highest BCUT2D eigenvalue weighted by Gasteiger charge is 2.47. The second kappa shape index (κ2) is 4.88. The van der Waals surface area contributed by atoms with Crippen LogP contribution >= 0.6 is 28.1 Å². The van der Waals surface area contributed by atoms with Gasteiger partial charge in [0.25, 0.3) is 0 Å². The van der Waals surface area contributed by atoms with Crippen LogP contribution in [-0.2, 0) is 0 Å². The van der Waals surface area contributed by atoms with E-state index in [0.717, 1.165) is 28.3 Å². The maximum Gasteiger partial charge on any atom is 0.184 e. The fourth-order valence-corrected chi connectivity index (χ4v) is 3.91. The summed E-state index contributed by atoms with van der Waals surface area (Å²) in [6, 6.07) is 6.41. The van der Waals surface area contributed by atoms with Gasteiger partial charge in [-0.15, -0.1) is 0 Å². The zero-order valence-electron chi connectivity index (χ0n) is 11.9. The lowest BCUT2D eigenvalue weighted by Gasteiger charge is -2.53. The number of benzene rings is 1. The second-order valence-corrected chi connectivity index (χ2v) is 7.39. The van der Waals surface area contributed by atoms with Crippen LogP contribution in [0.3, 0.4) is 0 Å². The van der Waals surface area contributed by atoms with E-state index >= 15 is 0 Å². The molecule has 2 aliphatic rings. The second-order valence-electron chi connectivity index (χ2n) is 6.15. The minimum absolute atomic E-state index is 0.233. The van der Waals surface area contributed by atoms with Crippen molar-refractivity contribution in [3.8, 4) is 5.75 Å². The zero-order chi connectivity index (χ0) is 14.5. The number of thiocarbonyl (C=S) groups is 1. The summed E-state index contributed by atoms with van der Waals surface area (Å²) in [7, 11) is 0. The number of fused-ring (bicyclic) bond motifs is 4. The van der Waals surface area contributed by atoms with Crippen LogP contribution in [0.4, 0.5) is 0 Å². The number of hydrogen-bond donors (Lipinski definition) is 1. The normalized spacial score (nSPS) is 27.9. The SMILES string of the molecule is CC(C)CN1C(=S)NC2CC1(C)Oc1c(Br)cccc12. The number of para-hydroxylation sites is 1. The number of halogens is 1. The summed E-state index contributed by atoms with van der Waals surface area (Å²) in [5.41, 5.74) is 0.817. The van der Waals surface area contributed by atoms with E-state index in [2.05, 4.69) is 53.0 Å². The van der Waals surface area contributed by atoms with Crippen LogP contribution in [0.25, 0.3) is 0 Å². The molecule has 2 bridgehead atoms. The molecular weight excluding hydrogens is 336 g/mol. The molecule has 0 aromatic heterocycles. The molecule has 0 spiro atoms. The highest BCUT2D eigenvalue weighted by molar-refractivity contribution is 9.10. The third-order valence-corrected chi connectivity index (χ3v) is 4.90. The van der Waals surface area contributed by atoms with Gasteiger partial charge in [-0.2, -0.15) is 0 Å². The highest BCUT2D eigenvalue weighted by atomic mass is 79.9. The summed E-state index contributed by atoms with van der Waals surface area (Å²) < 4.78 is 7.36. The van der Waals surface area contributed by atoms with Gasteiger partial charge in [-0.3, -0.25) is 0 Å². The van der Waals surface area contributed by atoms with Gasteiger partial charge in [0, 0.05) is 18.5 Å². The van der Waals surface area contributed by atoms with Gasteiger partial charge < -0.3 is 15.0 Å². The number of hydrogen-bond acceptors (Lipinski definition) is 2. The van der Waals surface area contributed by atoms with Crippen molar-refractivity contribution < 1.29 is 4.74 Å². The van der Waals surface area contributed by atoms with E-state index in [1.807, 2.05) is 12.1 Å². The predicted molar refractivity (Wildman–Crippen MR) is 87.8 cm³/mol. The molecular formula is C15H19BrN2OS. The van der Waals surface area contributed by atoms with Crippen molar-refractivity contribution in [3.05, 3.63) is 28.2 Å². The Labute approximate surface area is 133 Å². The topological polar surface area (TPSA) is 24.5 Å². The molecule has 2 atom stereocenters. The molecule has 3 nitrogen and oxygen atoms in total. The first-order valence-electron chi connectivity index (χ1n) is 6.96.